The molecule has 2 unspecified atom stereocenters. The van der Waals surface area contributed by atoms with Crippen molar-refractivity contribution in [1.82, 2.24) is 20.5 Å². The first-order valence-corrected chi connectivity index (χ1v) is 16.4. The second kappa shape index (κ2) is 21.1. The van der Waals surface area contributed by atoms with Crippen LogP contribution in [0.3, 0.4) is 0 Å². The Kier molecular flexibility index (Phi) is 18.5. The van der Waals surface area contributed by atoms with E-state index in [0.717, 1.165) is 43.8 Å². The van der Waals surface area contributed by atoms with Crippen molar-refractivity contribution < 1.29 is 23.5 Å². The minimum absolute atomic E-state index is 0.121. The number of rotatable bonds is 16. The molecule has 47 heavy (non-hydrogen) atoms. The van der Waals surface area contributed by atoms with Crippen LogP contribution in [-0.4, -0.2) is 65.3 Å². The molecule has 0 radical (unpaired) electrons. The van der Waals surface area contributed by atoms with Crippen molar-refractivity contribution in [1.29, 1.82) is 0 Å². The predicted octanol–water partition coefficient (Wildman–Crippen LogP) is 7.00. The van der Waals surface area contributed by atoms with E-state index in [0.29, 0.717) is 37.3 Å². The van der Waals surface area contributed by atoms with Crippen LogP contribution < -0.4 is 10.6 Å². The van der Waals surface area contributed by atoms with E-state index in [2.05, 4.69) is 66.2 Å². The number of aliphatic hydroxyl groups is 1. The van der Waals surface area contributed by atoms with E-state index in [-0.39, 0.29) is 23.0 Å². The molecule has 0 saturated heterocycles. The lowest BCUT2D eigenvalue weighted by atomic mass is 9.99. The molecular weight excluding hydrogens is 598 g/mol. The van der Waals surface area contributed by atoms with Crippen molar-refractivity contribution in [2.45, 2.75) is 97.8 Å². The third-order valence-corrected chi connectivity index (χ3v) is 7.70. The molecule has 0 spiro atoms. The first kappa shape index (κ1) is 41.2. The van der Waals surface area contributed by atoms with E-state index < -0.39 is 24.6 Å². The summed E-state index contributed by atoms with van der Waals surface area (Å²) in [6.45, 7) is 16.0. The average Bonchev–Trinajstić information content (AvgIpc) is 3.85. The van der Waals surface area contributed by atoms with E-state index >= 15 is 0 Å². The zero-order valence-electron chi connectivity index (χ0n) is 29.0. The van der Waals surface area contributed by atoms with Gasteiger partial charge in [0.2, 0.25) is 0 Å². The van der Waals surface area contributed by atoms with Crippen LogP contribution >= 0.6 is 0 Å². The number of halogens is 2. The lowest BCUT2D eigenvalue weighted by molar-refractivity contribution is 0.0749. The number of terminal acetylenes is 1. The van der Waals surface area contributed by atoms with Crippen molar-refractivity contribution in [2.75, 3.05) is 26.3 Å². The molecule has 0 aliphatic heterocycles. The molecule has 3 rings (SSSR count). The van der Waals surface area contributed by atoms with Gasteiger partial charge in [0.1, 0.15) is 12.4 Å². The Labute approximate surface area is 280 Å². The number of alkyl halides is 1. The van der Waals surface area contributed by atoms with Crippen molar-refractivity contribution in [2.24, 2.45) is 0 Å². The third kappa shape index (κ3) is 13.8. The Morgan fingerprint density at radius 1 is 1.13 bits per heavy atom. The number of carbonyl (C=O) groups is 2. The minimum atomic E-state index is -0.814. The van der Waals surface area contributed by atoms with E-state index in [9.17, 15) is 23.5 Å². The van der Waals surface area contributed by atoms with Crippen LogP contribution in [0.1, 0.15) is 104 Å². The van der Waals surface area contributed by atoms with Crippen LogP contribution in [0.5, 0.6) is 0 Å². The highest BCUT2D eigenvalue weighted by Crippen LogP contribution is 2.45. The molecule has 258 valence electrons. The number of aromatic nitrogens is 1. The summed E-state index contributed by atoms with van der Waals surface area (Å²) >= 11 is 0. The van der Waals surface area contributed by atoms with Crippen molar-refractivity contribution in [3.8, 4) is 12.8 Å². The van der Waals surface area contributed by atoms with Gasteiger partial charge in [-0.15, -0.1) is 19.4 Å². The predicted molar refractivity (Wildman–Crippen MR) is 188 cm³/mol. The molecule has 9 heteroatoms. The minimum Gasteiger partial charge on any atom is -0.390 e. The molecule has 1 aromatic carbocycles. The van der Waals surface area contributed by atoms with Crippen molar-refractivity contribution in [3.63, 3.8) is 0 Å². The Morgan fingerprint density at radius 2 is 1.77 bits per heavy atom. The van der Waals surface area contributed by atoms with Crippen LogP contribution in [0, 0.1) is 19.8 Å². The molecule has 1 aliphatic carbocycles. The zero-order chi connectivity index (χ0) is 35.6. The molecule has 3 N–H and O–H groups in total. The van der Waals surface area contributed by atoms with Gasteiger partial charge >= 0.3 is 0 Å². The number of hydrogen-bond acceptors (Lipinski definition) is 5. The lowest BCUT2D eigenvalue weighted by Crippen LogP contribution is -2.49. The number of hydrogen-bond donors (Lipinski definition) is 3. The average molecular weight is 653 g/mol. The number of amides is 2. The molecule has 1 saturated carbocycles. The Hall–Kier alpha value is -3.87. The van der Waals surface area contributed by atoms with Gasteiger partial charge in [-0.3, -0.25) is 9.59 Å². The Morgan fingerprint density at radius 3 is 2.26 bits per heavy atom. The summed E-state index contributed by atoms with van der Waals surface area (Å²) in [7, 11) is 0. The number of allylic oxidation sites excluding steroid dienone is 2. The first-order valence-electron chi connectivity index (χ1n) is 16.4. The van der Waals surface area contributed by atoms with Gasteiger partial charge in [0.05, 0.1) is 18.0 Å². The molecule has 2 aromatic rings. The van der Waals surface area contributed by atoms with E-state index in [4.69, 9.17) is 0 Å². The second-order valence-electron chi connectivity index (χ2n) is 11.9. The Balaban J connectivity index is 0.00000124. The first-order chi connectivity index (χ1) is 22.4. The van der Waals surface area contributed by atoms with E-state index in [1.807, 2.05) is 20.8 Å². The summed E-state index contributed by atoms with van der Waals surface area (Å²) in [5, 5.41) is 17.8. The molecule has 0 bridgehead atoms. The van der Waals surface area contributed by atoms with Gasteiger partial charge in [0, 0.05) is 36.4 Å². The molecular formula is C38H54F2N4O3. The van der Waals surface area contributed by atoms with Crippen LogP contribution in [0.25, 0.3) is 0 Å². The fourth-order valence-electron chi connectivity index (χ4n) is 5.17. The standard InChI is InChI=1S/C32H46N4O3.C4H6F2.C2H2/c1-7-15-36(16-8-2)31(39)28-20-25(18-23(6)34-28)30(38)35-27(17-22(4)5)29(37)21-33-32(13-14-32)26-12-10-11-24(9-3)19-26;1-4(6)2-3-5;1-2/h10-12,18-20,27,29,33,37H,4,7-9,13-17,21H2,1-3,5-6H3,(H,35,38);2H,3H2,1H3;1-2H/b;4-2+;. The van der Waals surface area contributed by atoms with Gasteiger partial charge in [-0.25, -0.2) is 13.8 Å². The van der Waals surface area contributed by atoms with E-state index in [1.165, 1.54) is 18.1 Å². The van der Waals surface area contributed by atoms with Gasteiger partial charge in [0.15, 0.2) is 0 Å². The van der Waals surface area contributed by atoms with Gasteiger partial charge in [0.25, 0.3) is 11.8 Å². The van der Waals surface area contributed by atoms with Crippen molar-refractivity contribution >= 4 is 11.8 Å². The van der Waals surface area contributed by atoms with Crippen molar-refractivity contribution in [3.05, 3.63) is 88.5 Å². The number of aryl methyl sites for hydroxylation is 2. The van der Waals surface area contributed by atoms with Crippen LogP contribution in [0.4, 0.5) is 8.78 Å². The molecule has 1 heterocycles. The Bertz CT molecular complexity index is 1340. The van der Waals surface area contributed by atoms with Gasteiger partial charge in [-0.1, -0.05) is 50.6 Å². The molecule has 7 nitrogen and oxygen atoms in total. The summed E-state index contributed by atoms with van der Waals surface area (Å²) in [6, 6.07) is 11.3. The zero-order valence-corrected chi connectivity index (χ0v) is 29.0. The molecule has 1 fully saturated rings. The fourth-order valence-corrected chi connectivity index (χ4v) is 5.17. The van der Waals surface area contributed by atoms with Crippen LogP contribution in [0.15, 0.2) is 60.5 Å². The monoisotopic (exact) mass is 652 g/mol. The largest absolute Gasteiger partial charge is 0.390 e. The number of pyridine rings is 1. The topological polar surface area (TPSA) is 94.6 Å². The number of nitrogens with zero attached hydrogens (tertiary/aromatic N) is 2. The summed E-state index contributed by atoms with van der Waals surface area (Å²) in [5.41, 5.74) is 4.53. The van der Waals surface area contributed by atoms with Gasteiger partial charge < -0.3 is 20.6 Å². The molecule has 2 amide bonds. The summed E-state index contributed by atoms with van der Waals surface area (Å²) in [4.78, 5) is 32.7. The third-order valence-electron chi connectivity index (χ3n) is 7.70. The van der Waals surface area contributed by atoms with Crippen LogP contribution in [-0.2, 0) is 12.0 Å². The normalized spacial score (nSPS) is 14.3. The number of benzene rings is 1. The maximum absolute atomic E-state index is 13.4. The van der Waals surface area contributed by atoms with Crippen LogP contribution in [0.2, 0.25) is 0 Å². The number of carbonyl (C=O) groups excluding carboxylic acids is 2. The van der Waals surface area contributed by atoms with Gasteiger partial charge in [-0.2, -0.15) is 0 Å². The highest BCUT2D eigenvalue weighted by atomic mass is 19.1. The SMILES string of the molecule is C#C.C/C(F)=C\CF.C=C(C)CC(NC(=O)c1cc(C)nc(C(=O)N(CCC)CCC)c1)C(O)CNC1(c2cccc(CC)c2)CC1. The number of nitrogens with one attached hydrogen (secondary N) is 2. The highest BCUT2D eigenvalue weighted by Gasteiger charge is 2.44. The summed E-state index contributed by atoms with van der Waals surface area (Å²) < 4.78 is 22.3. The van der Waals surface area contributed by atoms with Gasteiger partial charge in [-0.05, 0) is 88.6 Å². The lowest BCUT2D eigenvalue weighted by Gasteiger charge is -2.27. The quantitative estimate of drug-likeness (QED) is 0.134. The highest BCUT2D eigenvalue weighted by molar-refractivity contribution is 5.98. The number of aliphatic hydroxyl groups excluding tert-OH is 1. The summed E-state index contributed by atoms with van der Waals surface area (Å²) in [5.74, 6) is -0.965. The van der Waals surface area contributed by atoms with E-state index in [1.54, 1.807) is 24.0 Å². The maximum atomic E-state index is 13.4. The fraction of sp³-hybridized carbons (Fsp3) is 0.500. The molecule has 1 aromatic heterocycles. The maximum Gasteiger partial charge on any atom is 0.272 e. The molecule has 1 aliphatic rings. The smallest absolute Gasteiger partial charge is 0.272 e. The summed E-state index contributed by atoms with van der Waals surface area (Å²) in [6.07, 6.45) is 13.2. The second-order valence-corrected chi connectivity index (χ2v) is 11.9. The molecule has 2 atom stereocenters.